The van der Waals surface area contributed by atoms with Crippen LogP contribution in [0.5, 0.6) is 5.75 Å². The smallest absolute Gasteiger partial charge is 0.127 e. The van der Waals surface area contributed by atoms with E-state index in [9.17, 15) is 0 Å². The Morgan fingerprint density at radius 1 is 1.54 bits per heavy atom. The zero-order valence-electron chi connectivity index (χ0n) is 7.36. The highest BCUT2D eigenvalue weighted by molar-refractivity contribution is 5.45. The molecule has 1 aromatic rings. The van der Waals surface area contributed by atoms with Crippen molar-refractivity contribution in [3.8, 4) is 5.75 Å². The Morgan fingerprint density at radius 2 is 2.38 bits per heavy atom. The number of hydrogen-bond acceptors (Lipinski definition) is 3. The first-order valence-electron chi connectivity index (χ1n) is 4.44. The Hall–Kier alpha value is -1.06. The topological polar surface area (TPSA) is 55.5 Å². The van der Waals surface area contributed by atoms with E-state index in [0.29, 0.717) is 0 Å². The molecule has 3 N–H and O–H groups in total. The van der Waals surface area contributed by atoms with Crippen molar-refractivity contribution in [2.45, 2.75) is 12.5 Å². The SMILES string of the molecule is N[C@@H](CO)c1cccc2c1OCC2. The molecule has 0 aliphatic carbocycles. The number of rotatable bonds is 2. The summed E-state index contributed by atoms with van der Waals surface area (Å²) in [5.74, 6) is 0.879. The predicted octanol–water partition coefficient (Wildman–Crippen LogP) is 0.614. The molecule has 1 heterocycles. The van der Waals surface area contributed by atoms with Gasteiger partial charge in [-0.1, -0.05) is 18.2 Å². The van der Waals surface area contributed by atoms with Crippen molar-refractivity contribution in [2.24, 2.45) is 5.73 Å². The van der Waals surface area contributed by atoms with Crippen molar-refractivity contribution in [3.63, 3.8) is 0 Å². The van der Waals surface area contributed by atoms with Gasteiger partial charge in [0.15, 0.2) is 0 Å². The molecule has 1 aliphatic heterocycles. The minimum atomic E-state index is -0.326. The molecule has 0 aromatic heterocycles. The summed E-state index contributed by atoms with van der Waals surface area (Å²) in [7, 11) is 0. The minimum absolute atomic E-state index is 0.0419. The fourth-order valence-electron chi connectivity index (χ4n) is 1.63. The molecule has 3 nitrogen and oxygen atoms in total. The fraction of sp³-hybridized carbons (Fsp3) is 0.400. The highest BCUT2D eigenvalue weighted by atomic mass is 16.5. The van der Waals surface area contributed by atoms with Gasteiger partial charge in [-0.2, -0.15) is 0 Å². The van der Waals surface area contributed by atoms with Crippen LogP contribution in [0, 0.1) is 0 Å². The van der Waals surface area contributed by atoms with Gasteiger partial charge in [-0.3, -0.25) is 0 Å². The van der Waals surface area contributed by atoms with Gasteiger partial charge in [0.25, 0.3) is 0 Å². The Labute approximate surface area is 77.1 Å². The van der Waals surface area contributed by atoms with E-state index >= 15 is 0 Å². The maximum Gasteiger partial charge on any atom is 0.127 e. The van der Waals surface area contributed by atoms with Crippen LogP contribution < -0.4 is 10.5 Å². The highest BCUT2D eigenvalue weighted by Gasteiger charge is 2.18. The van der Waals surface area contributed by atoms with E-state index in [1.165, 1.54) is 5.56 Å². The van der Waals surface area contributed by atoms with Crippen molar-refractivity contribution in [2.75, 3.05) is 13.2 Å². The van der Waals surface area contributed by atoms with Crippen molar-refractivity contribution in [3.05, 3.63) is 29.3 Å². The predicted molar refractivity (Wildman–Crippen MR) is 49.7 cm³/mol. The molecule has 0 radical (unpaired) electrons. The van der Waals surface area contributed by atoms with Crippen LogP contribution >= 0.6 is 0 Å². The van der Waals surface area contributed by atoms with Gasteiger partial charge in [0.1, 0.15) is 5.75 Å². The van der Waals surface area contributed by atoms with Crippen LogP contribution in [0.2, 0.25) is 0 Å². The first-order chi connectivity index (χ1) is 6.33. The zero-order valence-corrected chi connectivity index (χ0v) is 7.36. The minimum Gasteiger partial charge on any atom is -0.493 e. The number of nitrogens with two attached hydrogens (primary N) is 1. The van der Waals surface area contributed by atoms with Gasteiger partial charge < -0.3 is 15.6 Å². The summed E-state index contributed by atoms with van der Waals surface area (Å²) in [6.07, 6.45) is 0.946. The lowest BCUT2D eigenvalue weighted by Gasteiger charge is -2.12. The molecule has 0 saturated heterocycles. The molecule has 0 saturated carbocycles. The normalized spacial score (nSPS) is 16.5. The van der Waals surface area contributed by atoms with Gasteiger partial charge >= 0.3 is 0 Å². The first-order valence-corrected chi connectivity index (χ1v) is 4.44. The summed E-state index contributed by atoms with van der Waals surface area (Å²) in [4.78, 5) is 0. The maximum atomic E-state index is 8.94. The molecule has 0 spiro atoms. The van der Waals surface area contributed by atoms with Gasteiger partial charge in [0.05, 0.1) is 19.3 Å². The van der Waals surface area contributed by atoms with Crippen LogP contribution in [0.1, 0.15) is 17.2 Å². The van der Waals surface area contributed by atoms with Crippen molar-refractivity contribution < 1.29 is 9.84 Å². The quantitative estimate of drug-likeness (QED) is 0.699. The second-order valence-corrected chi connectivity index (χ2v) is 3.22. The molecule has 3 heteroatoms. The average molecular weight is 179 g/mol. The van der Waals surface area contributed by atoms with E-state index in [2.05, 4.69) is 0 Å². The number of benzene rings is 1. The van der Waals surface area contributed by atoms with Crippen LogP contribution in [0.15, 0.2) is 18.2 Å². The molecule has 1 atom stereocenters. The van der Waals surface area contributed by atoms with E-state index < -0.39 is 0 Å². The first kappa shape index (κ1) is 8.53. The Morgan fingerprint density at radius 3 is 3.15 bits per heavy atom. The monoisotopic (exact) mass is 179 g/mol. The fourth-order valence-corrected chi connectivity index (χ4v) is 1.63. The van der Waals surface area contributed by atoms with Gasteiger partial charge in [-0.25, -0.2) is 0 Å². The summed E-state index contributed by atoms with van der Waals surface area (Å²) in [6.45, 7) is 0.685. The molecular formula is C10H13NO2. The summed E-state index contributed by atoms with van der Waals surface area (Å²) in [5, 5.41) is 8.94. The van der Waals surface area contributed by atoms with Crippen molar-refractivity contribution >= 4 is 0 Å². The molecular weight excluding hydrogens is 166 g/mol. The third-order valence-corrected chi connectivity index (χ3v) is 2.34. The largest absolute Gasteiger partial charge is 0.493 e. The summed E-state index contributed by atoms with van der Waals surface area (Å²) < 4.78 is 5.46. The van der Waals surface area contributed by atoms with Crippen molar-refractivity contribution in [1.29, 1.82) is 0 Å². The van der Waals surface area contributed by atoms with Crippen molar-refractivity contribution in [1.82, 2.24) is 0 Å². The standard InChI is InChI=1S/C10H13NO2/c11-9(6-12)8-3-1-2-7-4-5-13-10(7)8/h1-3,9,12H,4-6,11H2/t9-/m0/s1. The van der Waals surface area contributed by atoms with Gasteiger partial charge in [0, 0.05) is 12.0 Å². The number of ether oxygens (including phenoxy) is 1. The third-order valence-electron chi connectivity index (χ3n) is 2.34. The van der Waals surface area contributed by atoms with Gasteiger partial charge in [-0.15, -0.1) is 0 Å². The number of aliphatic hydroxyl groups excluding tert-OH is 1. The number of aliphatic hydroxyl groups is 1. The molecule has 0 unspecified atom stereocenters. The number of fused-ring (bicyclic) bond motifs is 1. The van der Waals surface area contributed by atoms with E-state index in [0.717, 1.165) is 24.3 Å². The molecule has 13 heavy (non-hydrogen) atoms. The Kier molecular flexibility index (Phi) is 2.20. The van der Waals surface area contributed by atoms with Gasteiger partial charge in [-0.05, 0) is 5.56 Å². The zero-order chi connectivity index (χ0) is 9.26. The maximum absolute atomic E-state index is 8.94. The van der Waals surface area contributed by atoms with Crippen LogP contribution in [0.25, 0.3) is 0 Å². The lowest BCUT2D eigenvalue weighted by atomic mass is 10.0. The highest BCUT2D eigenvalue weighted by Crippen LogP contribution is 2.32. The van der Waals surface area contributed by atoms with Crippen LogP contribution in [-0.4, -0.2) is 18.3 Å². The molecule has 1 aliphatic rings. The van der Waals surface area contributed by atoms with E-state index in [-0.39, 0.29) is 12.6 Å². The van der Waals surface area contributed by atoms with E-state index in [4.69, 9.17) is 15.6 Å². The summed E-state index contributed by atoms with van der Waals surface area (Å²) in [6, 6.07) is 5.58. The second kappa shape index (κ2) is 3.36. The van der Waals surface area contributed by atoms with Gasteiger partial charge in [0.2, 0.25) is 0 Å². The molecule has 70 valence electrons. The Balaban J connectivity index is 2.41. The molecule has 2 rings (SSSR count). The second-order valence-electron chi connectivity index (χ2n) is 3.22. The van der Waals surface area contributed by atoms with Crippen LogP contribution in [-0.2, 0) is 6.42 Å². The average Bonchev–Trinajstić information content (AvgIpc) is 2.63. The number of para-hydroxylation sites is 1. The number of hydrogen-bond donors (Lipinski definition) is 2. The summed E-state index contributed by atoms with van der Waals surface area (Å²) >= 11 is 0. The van der Waals surface area contributed by atoms with Crippen LogP contribution in [0.3, 0.4) is 0 Å². The lowest BCUT2D eigenvalue weighted by molar-refractivity contribution is 0.263. The Bertz CT molecular complexity index is 312. The molecule has 0 fully saturated rings. The molecule has 1 aromatic carbocycles. The van der Waals surface area contributed by atoms with Crippen LogP contribution in [0.4, 0.5) is 0 Å². The van der Waals surface area contributed by atoms with E-state index in [1.807, 2.05) is 18.2 Å². The summed E-state index contributed by atoms with van der Waals surface area (Å²) in [5.41, 5.74) is 7.85. The van der Waals surface area contributed by atoms with E-state index in [1.54, 1.807) is 0 Å². The lowest BCUT2D eigenvalue weighted by Crippen LogP contribution is -2.15. The molecule has 0 bridgehead atoms. The molecule has 0 amide bonds. The third kappa shape index (κ3) is 1.41.